The van der Waals surface area contributed by atoms with Crippen molar-refractivity contribution in [2.24, 2.45) is 12.8 Å². The second kappa shape index (κ2) is 4.58. The van der Waals surface area contributed by atoms with Gasteiger partial charge in [-0.1, -0.05) is 0 Å². The van der Waals surface area contributed by atoms with Crippen LogP contribution in [0.15, 0.2) is 21.3 Å². The number of ether oxygens (including phenoxy) is 1. The molecule has 2 heterocycles. The summed E-state index contributed by atoms with van der Waals surface area (Å²) < 4.78 is 25.0. The van der Waals surface area contributed by atoms with Crippen LogP contribution < -0.4 is 16.4 Å². The minimum atomic E-state index is -1.13. The molecule has 1 aliphatic rings. The van der Waals surface area contributed by atoms with Crippen molar-refractivity contribution in [3.05, 3.63) is 28.5 Å². The molecule has 8 nitrogen and oxygen atoms in total. The number of cyclic esters (lactones) is 1. The third-order valence-corrected chi connectivity index (χ3v) is 3.65. The monoisotopic (exact) mass is 309 g/mol. The van der Waals surface area contributed by atoms with Gasteiger partial charge in [0.1, 0.15) is 5.52 Å². The van der Waals surface area contributed by atoms with Crippen molar-refractivity contribution in [1.29, 1.82) is 0 Å². The number of oxazole rings is 1. The predicted molar refractivity (Wildman–Crippen MR) is 72.8 cm³/mol. The van der Waals surface area contributed by atoms with E-state index in [1.165, 1.54) is 13.1 Å². The second-order valence-corrected chi connectivity index (χ2v) is 5.02. The molecule has 22 heavy (non-hydrogen) atoms. The minimum Gasteiger partial charge on any atom is -0.433 e. The first-order valence-corrected chi connectivity index (χ1v) is 6.39. The summed E-state index contributed by atoms with van der Waals surface area (Å²) in [6.45, 7) is 1.55. The van der Waals surface area contributed by atoms with Gasteiger partial charge in [-0.2, -0.15) is 0 Å². The van der Waals surface area contributed by atoms with Crippen molar-refractivity contribution in [2.45, 2.75) is 19.1 Å². The zero-order valence-electron chi connectivity index (χ0n) is 11.7. The van der Waals surface area contributed by atoms with E-state index in [1.54, 1.807) is 6.92 Å². The number of carbonyl (C=O) groups excluding carboxylic acids is 2. The van der Waals surface area contributed by atoms with Gasteiger partial charge in [-0.05, 0) is 6.92 Å². The van der Waals surface area contributed by atoms with Crippen molar-refractivity contribution < 1.29 is 23.1 Å². The Balaban J connectivity index is 2.13. The standard InChI is InChI=1S/C13H12FN3O5/c1-5-10(11(15)18)22-13(20)17(5)6-3-7(14)9-8(4-6)21-12(19)16(9)2/h3-5,10H,1-2H3,(H2,15,18)/t5?,10-/m1/s1. The van der Waals surface area contributed by atoms with E-state index in [0.717, 1.165) is 15.5 Å². The van der Waals surface area contributed by atoms with Crippen molar-refractivity contribution in [3.8, 4) is 0 Å². The van der Waals surface area contributed by atoms with Gasteiger partial charge in [0.25, 0.3) is 5.91 Å². The molecule has 1 aromatic carbocycles. The molecular formula is C13H12FN3O5. The van der Waals surface area contributed by atoms with E-state index in [2.05, 4.69) is 0 Å². The number of anilines is 1. The van der Waals surface area contributed by atoms with Crippen LogP contribution in [0.2, 0.25) is 0 Å². The van der Waals surface area contributed by atoms with E-state index in [0.29, 0.717) is 0 Å². The molecule has 2 N–H and O–H groups in total. The van der Waals surface area contributed by atoms with Gasteiger partial charge >= 0.3 is 11.8 Å². The molecule has 0 spiro atoms. The van der Waals surface area contributed by atoms with Crippen LogP contribution in [0, 0.1) is 5.82 Å². The van der Waals surface area contributed by atoms with Crippen molar-refractivity contribution >= 4 is 28.8 Å². The molecule has 0 aliphatic carbocycles. The molecule has 0 radical (unpaired) electrons. The lowest BCUT2D eigenvalue weighted by Crippen LogP contribution is -2.40. The lowest BCUT2D eigenvalue weighted by Gasteiger charge is -2.19. The van der Waals surface area contributed by atoms with Crippen LogP contribution in [0.1, 0.15) is 6.92 Å². The molecule has 3 rings (SSSR count). The van der Waals surface area contributed by atoms with Crippen molar-refractivity contribution in [3.63, 3.8) is 0 Å². The van der Waals surface area contributed by atoms with Crippen LogP contribution in [-0.2, 0) is 16.6 Å². The normalized spacial score (nSPS) is 21.4. The third-order valence-electron chi connectivity index (χ3n) is 3.65. The fourth-order valence-electron chi connectivity index (χ4n) is 2.56. The van der Waals surface area contributed by atoms with Gasteiger partial charge in [-0.25, -0.2) is 14.0 Å². The highest BCUT2D eigenvalue weighted by Gasteiger charge is 2.43. The number of aryl methyl sites for hydroxylation is 1. The maximum absolute atomic E-state index is 14.2. The van der Waals surface area contributed by atoms with Gasteiger partial charge in [0, 0.05) is 19.2 Å². The number of hydrogen-bond acceptors (Lipinski definition) is 5. The smallest absolute Gasteiger partial charge is 0.419 e. The highest BCUT2D eigenvalue weighted by atomic mass is 19.1. The van der Waals surface area contributed by atoms with E-state index in [4.69, 9.17) is 14.9 Å². The number of carbonyl (C=O) groups is 2. The Kier molecular flexibility index (Phi) is 2.94. The van der Waals surface area contributed by atoms with Crippen LogP contribution in [0.4, 0.5) is 14.9 Å². The number of rotatable bonds is 2. The van der Waals surface area contributed by atoms with E-state index < -0.39 is 35.7 Å². The van der Waals surface area contributed by atoms with E-state index in [1.807, 2.05) is 0 Å². The highest BCUT2D eigenvalue weighted by Crippen LogP contribution is 2.30. The summed E-state index contributed by atoms with van der Waals surface area (Å²) in [6.07, 6.45) is -1.96. The number of amides is 2. The molecule has 1 saturated heterocycles. The van der Waals surface area contributed by atoms with Gasteiger partial charge in [-0.3, -0.25) is 14.3 Å². The number of primary amides is 1. The first kappa shape index (κ1) is 14.1. The van der Waals surface area contributed by atoms with Crippen LogP contribution in [0.3, 0.4) is 0 Å². The van der Waals surface area contributed by atoms with Crippen molar-refractivity contribution in [2.75, 3.05) is 4.90 Å². The molecule has 2 aromatic rings. The number of halogens is 1. The van der Waals surface area contributed by atoms with Gasteiger partial charge in [-0.15, -0.1) is 0 Å². The van der Waals surface area contributed by atoms with Crippen molar-refractivity contribution in [1.82, 2.24) is 4.57 Å². The SMILES string of the molecule is CC1[C@H](C(N)=O)OC(=O)N1c1cc(F)c2c(c1)oc(=O)n2C. The minimum absolute atomic E-state index is 0.00924. The first-order chi connectivity index (χ1) is 10.3. The van der Waals surface area contributed by atoms with Gasteiger partial charge < -0.3 is 14.9 Å². The Morgan fingerprint density at radius 2 is 2.05 bits per heavy atom. The summed E-state index contributed by atoms with van der Waals surface area (Å²) in [5.74, 6) is -2.25. The fourth-order valence-corrected chi connectivity index (χ4v) is 2.56. The summed E-state index contributed by atoms with van der Waals surface area (Å²) in [4.78, 5) is 35.7. The Bertz CT molecular complexity index is 855. The quantitative estimate of drug-likeness (QED) is 0.867. The van der Waals surface area contributed by atoms with Gasteiger partial charge in [0.05, 0.1) is 11.7 Å². The summed E-state index contributed by atoms with van der Waals surface area (Å²) in [7, 11) is 1.37. The molecule has 1 aromatic heterocycles. The largest absolute Gasteiger partial charge is 0.433 e. The van der Waals surface area contributed by atoms with E-state index in [-0.39, 0.29) is 16.8 Å². The number of hydrogen-bond donors (Lipinski definition) is 1. The molecule has 0 saturated carbocycles. The van der Waals surface area contributed by atoms with E-state index in [9.17, 15) is 18.8 Å². The maximum Gasteiger partial charge on any atom is 0.419 e. The van der Waals surface area contributed by atoms with Crippen LogP contribution in [0.5, 0.6) is 0 Å². The second-order valence-electron chi connectivity index (χ2n) is 5.02. The molecular weight excluding hydrogens is 297 g/mol. The zero-order valence-corrected chi connectivity index (χ0v) is 11.7. The molecule has 1 fully saturated rings. The Morgan fingerprint density at radius 1 is 1.36 bits per heavy atom. The Labute approximate surface area is 122 Å². The molecule has 1 aliphatic heterocycles. The van der Waals surface area contributed by atoms with Crippen LogP contribution in [0.25, 0.3) is 11.1 Å². The lowest BCUT2D eigenvalue weighted by molar-refractivity contribution is -0.125. The summed E-state index contributed by atoms with van der Waals surface area (Å²) >= 11 is 0. The number of nitrogens with zero attached hydrogens (tertiary/aromatic N) is 2. The average Bonchev–Trinajstić information content (AvgIpc) is 2.87. The Morgan fingerprint density at radius 3 is 2.64 bits per heavy atom. The number of aromatic nitrogens is 1. The number of nitrogens with two attached hydrogens (primary N) is 1. The first-order valence-electron chi connectivity index (χ1n) is 6.39. The van der Waals surface area contributed by atoms with E-state index >= 15 is 0 Å². The molecule has 0 bridgehead atoms. The van der Waals surface area contributed by atoms with Gasteiger partial charge in [0.2, 0.25) is 6.10 Å². The van der Waals surface area contributed by atoms with Gasteiger partial charge in [0.15, 0.2) is 11.4 Å². The molecule has 1 unspecified atom stereocenters. The summed E-state index contributed by atoms with van der Waals surface area (Å²) in [5.41, 5.74) is 5.24. The van der Waals surface area contributed by atoms with Crippen LogP contribution >= 0.6 is 0 Å². The third kappa shape index (κ3) is 1.85. The summed E-state index contributed by atoms with van der Waals surface area (Å²) in [6, 6.07) is 1.69. The fraction of sp³-hybridized carbons (Fsp3) is 0.308. The summed E-state index contributed by atoms with van der Waals surface area (Å²) in [5, 5.41) is 0. The molecule has 2 amide bonds. The lowest BCUT2D eigenvalue weighted by atomic mass is 10.1. The average molecular weight is 309 g/mol. The molecule has 2 atom stereocenters. The zero-order chi connectivity index (χ0) is 16.2. The molecule has 9 heteroatoms. The molecule has 116 valence electrons. The Hall–Kier alpha value is -2.84. The topological polar surface area (TPSA) is 108 Å². The maximum atomic E-state index is 14.2. The number of fused-ring (bicyclic) bond motifs is 1. The number of benzene rings is 1. The highest BCUT2D eigenvalue weighted by molar-refractivity contribution is 5.97. The van der Waals surface area contributed by atoms with Crippen LogP contribution in [-0.4, -0.2) is 28.7 Å². The predicted octanol–water partition coefficient (Wildman–Crippen LogP) is 0.470.